The molecule has 1 heterocycles. The standard InChI is InChI=1S/C7H15N3/c1-5-3-4-6(10-5)7(8)9-2/h5-6,10H,3-4H2,1-2H3,(H2,8,9). The van der Waals surface area contributed by atoms with Crippen molar-refractivity contribution in [3.8, 4) is 0 Å². The minimum atomic E-state index is 0.333. The lowest BCUT2D eigenvalue weighted by molar-refractivity contribution is 0.638. The van der Waals surface area contributed by atoms with Crippen molar-refractivity contribution < 1.29 is 0 Å². The van der Waals surface area contributed by atoms with Crippen molar-refractivity contribution in [1.29, 1.82) is 0 Å². The van der Waals surface area contributed by atoms with Gasteiger partial charge in [-0.3, -0.25) is 4.99 Å². The second-order valence-electron chi connectivity index (χ2n) is 2.85. The summed E-state index contributed by atoms with van der Waals surface area (Å²) < 4.78 is 0. The summed E-state index contributed by atoms with van der Waals surface area (Å²) in [5, 5.41) is 3.35. The molecule has 2 unspecified atom stereocenters. The van der Waals surface area contributed by atoms with Crippen molar-refractivity contribution in [2.75, 3.05) is 7.05 Å². The van der Waals surface area contributed by atoms with Gasteiger partial charge in [0.1, 0.15) is 5.84 Å². The lowest BCUT2D eigenvalue weighted by Crippen LogP contribution is -2.38. The summed E-state index contributed by atoms with van der Waals surface area (Å²) in [6.07, 6.45) is 2.34. The Kier molecular flexibility index (Phi) is 2.27. The fraction of sp³-hybridized carbons (Fsp3) is 0.857. The Hall–Kier alpha value is -0.570. The Morgan fingerprint density at radius 3 is 2.70 bits per heavy atom. The maximum atomic E-state index is 5.63. The number of nitrogens with two attached hydrogens (primary N) is 1. The van der Waals surface area contributed by atoms with E-state index < -0.39 is 0 Å². The van der Waals surface area contributed by atoms with Gasteiger partial charge < -0.3 is 11.1 Å². The fourth-order valence-corrected chi connectivity index (χ4v) is 1.32. The maximum absolute atomic E-state index is 5.63. The zero-order valence-corrected chi connectivity index (χ0v) is 6.59. The molecule has 10 heavy (non-hydrogen) atoms. The van der Waals surface area contributed by atoms with Gasteiger partial charge in [-0.15, -0.1) is 0 Å². The van der Waals surface area contributed by atoms with Crippen molar-refractivity contribution in [3.05, 3.63) is 0 Å². The highest BCUT2D eigenvalue weighted by Gasteiger charge is 2.22. The average Bonchev–Trinajstić information content (AvgIpc) is 2.34. The van der Waals surface area contributed by atoms with E-state index in [4.69, 9.17) is 5.73 Å². The molecule has 1 aliphatic heterocycles. The Labute approximate surface area is 61.7 Å². The van der Waals surface area contributed by atoms with E-state index >= 15 is 0 Å². The molecule has 1 rings (SSSR count). The molecule has 0 aromatic carbocycles. The van der Waals surface area contributed by atoms with E-state index in [0.717, 1.165) is 12.3 Å². The van der Waals surface area contributed by atoms with Crippen molar-refractivity contribution >= 4 is 5.84 Å². The number of hydrogen-bond acceptors (Lipinski definition) is 2. The van der Waals surface area contributed by atoms with Crippen LogP contribution in [0.15, 0.2) is 4.99 Å². The highest BCUT2D eigenvalue weighted by molar-refractivity contribution is 5.85. The van der Waals surface area contributed by atoms with E-state index in [2.05, 4.69) is 17.2 Å². The molecule has 0 radical (unpaired) electrons. The van der Waals surface area contributed by atoms with Crippen LogP contribution < -0.4 is 11.1 Å². The third kappa shape index (κ3) is 1.48. The minimum Gasteiger partial charge on any atom is -0.386 e. The zero-order chi connectivity index (χ0) is 7.56. The van der Waals surface area contributed by atoms with Crippen LogP contribution in [0.3, 0.4) is 0 Å². The smallest absolute Gasteiger partial charge is 0.111 e. The van der Waals surface area contributed by atoms with Gasteiger partial charge in [-0.25, -0.2) is 0 Å². The predicted octanol–water partition coefficient (Wildman–Crippen LogP) is 0.114. The SMILES string of the molecule is CN=C(N)C1CCC(C)N1. The van der Waals surface area contributed by atoms with E-state index in [1.165, 1.54) is 6.42 Å². The molecule has 1 saturated heterocycles. The first-order valence-electron chi connectivity index (χ1n) is 3.72. The highest BCUT2D eigenvalue weighted by Crippen LogP contribution is 2.10. The molecule has 1 fully saturated rings. The van der Waals surface area contributed by atoms with Crippen molar-refractivity contribution in [2.45, 2.75) is 31.8 Å². The van der Waals surface area contributed by atoms with Crippen LogP contribution in [0.5, 0.6) is 0 Å². The molecule has 58 valence electrons. The first-order valence-corrected chi connectivity index (χ1v) is 3.72. The molecule has 0 bridgehead atoms. The molecular formula is C7H15N3. The summed E-state index contributed by atoms with van der Waals surface area (Å²) in [5.41, 5.74) is 5.63. The Morgan fingerprint density at radius 1 is 1.60 bits per heavy atom. The van der Waals surface area contributed by atoms with E-state index in [-0.39, 0.29) is 0 Å². The van der Waals surface area contributed by atoms with Crippen LogP contribution in [0.1, 0.15) is 19.8 Å². The van der Waals surface area contributed by atoms with Gasteiger partial charge in [0.15, 0.2) is 0 Å². The van der Waals surface area contributed by atoms with Gasteiger partial charge in [-0.2, -0.15) is 0 Å². The van der Waals surface area contributed by atoms with Crippen molar-refractivity contribution in [3.63, 3.8) is 0 Å². The molecule has 0 spiro atoms. The summed E-state index contributed by atoms with van der Waals surface area (Å²) in [6.45, 7) is 2.17. The van der Waals surface area contributed by atoms with Gasteiger partial charge in [0.2, 0.25) is 0 Å². The van der Waals surface area contributed by atoms with Crippen LogP contribution in [0, 0.1) is 0 Å². The van der Waals surface area contributed by atoms with Gasteiger partial charge >= 0.3 is 0 Å². The number of nitrogens with one attached hydrogen (secondary N) is 1. The quantitative estimate of drug-likeness (QED) is 0.402. The molecule has 1 aliphatic rings. The first kappa shape index (κ1) is 7.54. The average molecular weight is 141 g/mol. The first-order chi connectivity index (χ1) is 4.74. The highest BCUT2D eigenvalue weighted by atomic mass is 15.0. The third-order valence-corrected chi connectivity index (χ3v) is 1.99. The Balaban J connectivity index is 2.45. The second kappa shape index (κ2) is 3.01. The second-order valence-corrected chi connectivity index (χ2v) is 2.85. The Morgan fingerprint density at radius 2 is 2.30 bits per heavy atom. The third-order valence-electron chi connectivity index (χ3n) is 1.99. The molecule has 2 atom stereocenters. The van der Waals surface area contributed by atoms with Crippen LogP contribution in [-0.2, 0) is 0 Å². The van der Waals surface area contributed by atoms with Crippen molar-refractivity contribution in [2.24, 2.45) is 10.7 Å². The van der Waals surface area contributed by atoms with Gasteiger partial charge in [0, 0.05) is 13.1 Å². The van der Waals surface area contributed by atoms with E-state index in [9.17, 15) is 0 Å². The fourth-order valence-electron chi connectivity index (χ4n) is 1.32. The molecule has 0 aromatic rings. The summed E-state index contributed by atoms with van der Waals surface area (Å²) in [5.74, 6) is 0.740. The van der Waals surface area contributed by atoms with Gasteiger partial charge in [0.25, 0.3) is 0 Å². The molecule has 3 nitrogen and oxygen atoms in total. The number of rotatable bonds is 1. The number of hydrogen-bond donors (Lipinski definition) is 2. The zero-order valence-electron chi connectivity index (χ0n) is 6.59. The van der Waals surface area contributed by atoms with Gasteiger partial charge in [-0.1, -0.05) is 0 Å². The topological polar surface area (TPSA) is 50.4 Å². The normalized spacial score (nSPS) is 34.8. The number of amidine groups is 1. The number of aliphatic imine (C=N–C) groups is 1. The molecule has 0 aliphatic carbocycles. The van der Waals surface area contributed by atoms with Crippen molar-refractivity contribution in [1.82, 2.24) is 5.32 Å². The van der Waals surface area contributed by atoms with Gasteiger partial charge in [-0.05, 0) is 19.8 Å². The van der Waals surface area contributed by atoms with Crippen LogP contribution in [0.4, 0.5) is 0 Å². The van der Waals surface area contributed by atoms with E-state index in [1.807, 2.05) is 0 Å². The predicted molar refractivity (Wildman–Crippen MR) is 43.2 cm³/mol. The lowest BCUT2D eigenvalue weighted by Gasteiger charge is -2.09. The summed E-state index contributed by atoms with van der Waals surface area (Å²) in [7, 11) is 1.74. The number of nitrogens with zero attached hydrogens (tertiary/aromatic N) is 1. The Bertz CT molecular complexity index is 142. The largest absolute Gasteiger partial charge is 0.386 e. The summed E-state index contributed by atoms with van der Waals surface area (Å²) >= 11 is 0. The molecule has 3 heteroatoms. The summed E-state index contributed by atoms with van der Waals surface area (Å²) in [6, 6.07) is 0.935. The molecule has 0 saturated carbocycles. The molecular weight excluding hydrogens is 126 g/mol. The minimum absolute atomic E-state index is 0.333. The maximum Gasteiger partial charge on any atom is 0.111 e. The molecule has 0 aromatic heterocycles. The van der Waals surface area contributed by atoms with Gasteiger partial charge in [0.05, 0.1) is 6.04 Å². The molecule has 3 N–H and O–H groups in total. The summed E-state index contributed by atoms with van der Waals surface area (Å²) in [4.78, 5) is 3.94. The van der Waals surface area contributed by atoms with E-state index in [0.29, 0.717) is 12.1 Å². The lowest BCUT2D eigenvalue weighted by atomic mass is 10.2. The van der Waals surface area contributed by atoms with Crippen LogP contribution in [0.25, 0.3) is 0 Å². The van der Waals surface area contributed by atoms with Crippen LogP contribution in [0.2, 0.25) is 0 Å². The van der Waals surface area contributed by atoms with Crippen LogP contribution in [-0.4, -0.2) is 25.0 Å². The van der Waals surface area contributed by atoms with E-state index in [1.54, 1.807) is 7.05 Å². The van der Waals surface area contributed by atoms with Crippen LogP contribution >= 0.6 is 0 Å². The molecule has 0 amide bonds. The monoisotopic (exact) mass is 141 g/mol.